The number of ether oxygens (including phenoxy) is 4. The number of rotatable bonds is 1. The number of hydrogen-bond acceptors (Lipinski definition) is 8. The Balaban J connectivity index is 1.52. The first-order chi connectivity index (χ1) is 18.5. The van der Waals surface area contributed by atoms with Crippen LogP contribution in [0.25, 0.3) is 0 Å². The molecule has 0 aromatic carbocycles. The summed E-state index contributed by atoms with van der Waals surface area (Å²) in [6.07, 6.45) is 10.7. The summed E-state index contributed by atoms with van der Waals surface area (Å²) in [6.45, 7) is 8.12. The van der Waals surface area contributed by atoms with E-state index in [0.29, 0.717) is 30.8 Å². The number of hydrogen-bond donors (Lipinski definition) is 3. The highest BCUT2D eigenvalue weighted by atomic mass is 16.7. The van der Waals surface area contributed by atoms with E-state index < -0.39 is 48.2 Å². The van der Waals surface area contributed by atoms with Crippen molar-refractivity contribution >= 4 is 5.97 Å². The van der Waals surface area contributed by atoms with E-state index >= 15 is 0 Å². The Bertz CT molecular complexity index is 1060. The molecule has 0 aromatic heterocycles. The maximum atomic E-state index is 13.8. The quantitative estimate of drug-likeness (QED) is 0.340. The van der Waals surface area contributed by atoms with E-state index in [2.05, 4.69) is 39.8 Å². The SMILES string of the molecule is CC1=CCC2CC(CC3(CCC(C)C(C)O3)O2)OC(=O)C2C=C(CO)C(O)C3OCC(=CC=CC(C)C1)C23O. The van der Waals surface area contributed by atoms with Crippen LogP contribution in [0.3, 0.4) is 0 Å². The third-order valence-corrected chi connectivity index (χ3v) is 9.35. The number of aliphatic hydroxyl groups is 3. The molecule has 0 amide bonds. The lowest BCUT2D eigenvalue weighted by Gasteiger charge is -2.49. The van der Waals surface area contributed by atoms with Crippen molar-refractivity contribution in [1.29, 1.82) is 0 Å². The van der Waals surface area contributed by atoms with Gasteiger partial charge in [-0.2, -0.15) is 0 Å². The minimum Gasteiger partial charge on any atom is -0.462 e. The molecule has 10 atom stereocenters. The minimum absolute atomic E-state index is 0.0244. The zero-order valence-electron chi connectivity index (χ0n) is 23.5. The van der Waals surface area contributed by atoms with E-state index in [9.17, 15) is 20.1 Å². The van der Waals surface area contributed by atoms with E-state index in [0.717, 1.165) is 19.3 Å². The average Bonchev–Trinajstić information content (AvgIpc) is 3.22. The smallest absolute Gasteiger partial charge is 0.316 e. The summed E-state index contributed by atoms with van der Waals surface area (Å²) in [5.74, 6) is -1.89. The van der Waals surface area contributed by atoms with Crippen LogP contribution in [0.2, 0.25) is 0 Å². The molecule has 2 bridgehead atoms. The molecule has 4 heterocycles. The molecule has 1 spiro atoms. The normalized spacial score (nSPS) is 45.2. The van der Waals surface area contributed by atoms with Crippen molar-refractivity contribution in [2.24, 2.45) is 17.8 Å². The molecule has 4 aliphatic heterocycles. The fourth-order valence-electron chi connectivity index (χ4n) is 6.90. The van der Waals surface area contributed by atoms with Crippen molar-refractivity contribution < 1.29 is 39.1 Å². The lowest BCUT2D eigenvalue weighted by molar-refractivity contribution is -0.332. The molecule has 3 saturated heterocycles. The molecule has 0 saturated carbocycles. The Hall–Kier alpha value is -1.81. The second kappa shape index (κ2) is 11.2. The predicted octanol–water partition coefficient (Wildman–Crippen LogP) is 3.51. The topological polar surface area (TPSA) is 115 Å². The van der Waals surface area contributed by atoms with Crippen LogP contribution >= 0.6 is 0 Å². The van der Waals surface area contributed by atoms with E-state index in [1.165, 1.54) is 11.6 Å². The molecule has 0 aromatic rings. The van der Waals surface area contributed by atoms with E-state index in [1.807, 2.05) is 6.08 Å². The summed E-state index contributed by atoms with van der Waals surface area (Å²) in [7, 11) is 0. The summed E-state index contributed by atoms with van der Waals surface area (Å²) >= 11 is 0. The minimum atomic E-state index is -1.79. The van der Waals surface area contributed by atoms with Gasteiger partial charge in [-0.1, -0.05) is 49.8 Å². The van der Waals surface area contributed by atoms with Gasteiger partial charge in [-0.15, -0.1) is 0 Å². The lowest BCUT2D eigenvalue weighted by Crippen LogP contribution is -2.58. The van der Waals surface area contributed by atoms with E-state index in [4.69, 9.17) is 18.9 Å². The fraction of sp³-hybridized carbons (Fsp3) is 0.710. The summed E-state index contributed by atoms with van der Waals surface area (Å²) in [5, 5.41) is 32.8. The largest absolute Gasteiger partial charge is 0.462 e. The standard InChI is InChI=1S/C31H44O8/c1-18-6-5-7-23-17-36-28-27(33)22(16-32)13-26(31(23,28)35)29(34)37-25-14-24(9-8-19(2)12-18)39-30(15-25)11-10-20(3)21(4)38-30/h5-8,13,18,20-21,24-28,32-33,35H,9-12,14-17H2,1-4H3. The Morgan fingerprint density at radius 2 is 1.95 bits per heavy atom. The van der Waals surface area contributed by atoms with Gasteiger partial charge in [0.1, 0.15) is 29.8 Å². The van der Waals surface area contributed by atoms with E-state index in [-0.39, 0.29) is 30.3 Å². The highest BCUT2D eigenvalue weighted by Crippen LogP contribution is 2.47. The predicted molar refractivity (Wildman–Crippen MR) is 144 cm³/mol. The van der Waals surface area contributed by atoms with Crippen LogP contribution in [0.5, 0.6) is 0 Å². The van der Waals surface area contributed by atoms with Crippen LogP contribution in [0, 0.1) is 17.8 Å². The number of aliphatic hydroxyl groups excluding tert-OH is 2. The van der Waals surface area contributed by atoms with Gasteiger partial charge in [-0.3, -0.25) is 4.79 Å². The molecule has 8 nitrogen and oxygen atoms in total. The molecule has 3 fully saturated rings. The van der Waals surface area contributed by atoms with Crippen molar-refractivity contribution in [2.45, 2.75) is 108 Å². The fourth-order valence-corrected chi connectivity index (χ4v) is 6.90. The van der Waals surface area contributed by atoms with Crippen LogP contribution in [0.4, 0.5) is 0 Å². The summed E-state index contributed by atoms with van der Waals surface area (Å²) < 4.78 is 25.1. The van der Waals surface area contributed by atoms with Gasteiger partial charge in [0.15, 0.2) is 5.79 Å². The van der Waals surface area contributed by atoms with Gasteiger partial charge in [0.2, 0.25) is 0 Å². The number of esters is 1. The molecule has 10 unspecified atom stereocenters. The Labute approximate surface area is 231 Å². The third-order valence-electron chi connectivity index (χ3n) is 9.35. The van der Waals surface area contributed by atoms with Gasteiger partial charge < -0.3 is 34.3 Å². The number of allylic oxidation sites excluding steroid dienone is 4. The van der Waals surface area contributed by atoms with Crippen molar-refractivity contribution in [3.05, 3.63) is 47.1 Å². The monoisotopic (exact) mass is 544 g/mol. The second-order valence-corrected chi connectivity index (χ2v) is 12.4. The molecule has 8 heteroatoms. The molecule has 216 valence electrons. The molecule has 1 aliphatic carbocycles. The van der Waals surface area contributed by atoms with Gasteiger partial charge in [0.05, 0.1) is 25.4 Å². The Kier molecular flexibility index (Phi) is 8.26. The van der Waals surface area contributed by atoms with Gasteiger partial charge >= 0.3 is 5.97 Å². The van der Waals surface area contributed by atoms with Crippen LogP contribution in [0.15, 0.2) is 47.1 Å². The number of fused-ring (bicyclic) bond motifs is 2. The van der Waals surface area contributed by atoms with Crippen LogP contribution in [-0.4, -0.2) is 76.4 Å². The molecule has 5 rings (SSSR count). The van der Waals surface area contributed by atoms with Crippen molar-refractivity contribution in [3.63, 3.8) is 0 Å². The highest BCUT2D eigenvalue weighted by Gasteiger charge is 2.60. The molecule has 3 N–H and O–H groups in total. The van der Waals surface area contributed by atoms with Crippen LogP contribution < -0.4 is 0 Å². The molecule has 0 radical (unpaired) electrons. The highest BCUT2D eigenvalue weighted by molar-refractivity contribution is 5.78. The first kappa shape index (κ1) is 28.7. The summed E-state index contributed by atoms with van der Waals surface area (Å²) in [4.78, 5) is 13.8. The van der Waals surface area contributed by atoms with Gasteiger partial charge in [0, 0.05) is 19.3 Å². The lowest BCUT2D eigenvalue weighted by atomic mass is 9.70. The first-order valence-electron chi connectivity index (χ1n) is 14.5. The van der Waals surface area contributed by atoms with Crippen molar-refractivity contribution in [2.75, 3.05) is 13.2 Å². The number of carbonyl (C=O) groups excluding carboxylic acids is 1. The average molecular weight is 545 g/mol. The second-order valence-electron chi connectivity index (χ2n) is 12.4. The maximum absolute atomic E-state index is 13.8. The Morgan fingerprint density at radius 3 is 2.69 bits per heavy atom. The van der Waals surface area contributed by atoms with Crippen LogP contribution in [0.1, 0.15) is 66.2 Å². The van der Waals surface area contributed by atoms with Gasteiger partial charge in [-0.25, -0.2) is 0 Å². The maximum Gasteiger partial charge on any atom is 0.316 e. The molecular formula is C31H44O8. The molecular weight excluding hydrogens is 500 g/mol. The first-order valence-corrected chi connectivity index (χ1v) is 14.5. The molecule has 39 heavy (non-hydrogen) atoms. The van der Waals surface area contributed by atoms with Gasteiger partial charge in [0.25, 0.3) is 0 Å². The summed E-state index contributed by atoms with van der Waals surface area (Å²) in [5.41, 5.74) is 0.217. The zero-order valence-corrected chi connectivity index (χ0v) is 23.5. The van der Waals surface area contributed by atoms with Crippen molar-refractivity contribution in [3.8, 4) is 0 Å². The number of carbonyl (C=O) groups is 1. The van der Waals surface area contributed by atoms with Crippen molar-refractivity contribution in [1.82, 2.24) is 0 Å². The summed E-state index contributed by atoms with van der Waals surface area (Å²) in [6, 6.07) is 0. The van der Waals surface area contributed by atoms with E-state index in [1.54, 1.807) is 6.08 Å². The zero-order chi connectivity index (χ0) is 27.9. The van der Waals surface area contributed by atoms with Crippen LogP contribution in [-0.2, 0) is 23.7 Å². The van der Waals surface area contributed by atoms with Gasteiger partial charge in [-0.05, 0) is 56.1 Å². The molecule has 5 aliphatic rings. The third kappa shape index (κ3) is 5.56. The Morgan fingerprint density at radius 1 is 1.15 bits per heavy atom.